The van der Waals surface area contributed by atoms with Gasteiger partial charge in [0.25, 0.3) is 0 Å². The van der Waals surface area contributed by atoms with E-state index >= 15 is 0 Å². The minimum Gasteiger partial charge on any atom is -0.464 e. The highest BCUT2D eigenvalue weighted by atomic mass is 32.1. The van der Waals surface area contributed by atoms with Crippen LogP contribution in [0.1, 0.15) is 25.6 Å². The second-order valence-electron chi connectivity index (χ2n) is 4.05. The maximum absolute atomic E-state index is 11.8. The summed E-state index contributed by atoms with van der Waals surface area (Å²) >= 11 is 5.24. The van der Waals surface area contributed by atoms with Crippen molar-refractivity contribution in [1.82, 2.24) is 14.5 Å². The van der Waals surface area contributed by atoms with Crippen molar-refractivity contribution in [2.45, 2.75) is 26.8 Å². The number of rotatable bonds is 3. The van der Waals surface area contributed by atoms with Crippen LogP contribution in [0, 0.1) is 11.7 Å². The average molecular weight is 265 g/mol. The third-order valence-corrected chi connectivity index (χ3v) is 3.02. The number of imidazole rings is 1. The largest absolute Gasteiger partial charge is 0.464 e. The number of pyridine rings is 1. The molecule has 0 aromatic carbocycles. The lowest BCUT2D eigenvalue weighted by Gasteiger charge is -2.12. The molecule has 18 heavy (non-hydrogen) atoms. The summed E-state index contributed by atoms with van der Waals surface area (Å²) in [7, 11) is 0. The molecule has 0 aliphatic rings. The van der Waals surface area contributed by atoms with Gasteiger partial charge in [-0.1, -0.05) is 0 Å². The molecule has 1 unspecified atom stereocenters. The number of hydrogen-bond donors (Lipinski definition) is 1. The van der Waals surface area contributed by atoms with Crippen LogP contribution in [0.25, 0.3) is 11.2 Å². The van der Waals surface area contributed by atoms with Gasteiger partial charge in [0.05, 0.1) is 12.1 Å². The molecule has 0 bridgehead atoms. The van der Waals surface area contributed by atoms with Crippen molar-refractivity contribution in [1.29, 1.82) is 0 Å². The van der Waals surface area contributed by atoms with Gasteiger partial charge in [-0.25, -0.2) is 9.78 Å². The van der Waals surface area contributed by atoms with Crippen LogP contribution in [0.15, 0.2) is 12.1 Å². The lowest BCUT2D eigenvalue weighted by molar-refractivity contribution is -0.146. The Labute approximate surface area is 110 Å². The Morgan fingerprint density at radius 3 is 3.00 bits per heavy atom. The zero-order valence-corrected chi connectivity index (χ0v) is 11.4. The molecule has 0 radical (unpaired) electrons. The topological polar surface area (TPSA) is 59.9 Å². The zero-order chi connectivity index (χ0) is 13.3. The first kappa shape index (κ1) is 12.8. The van der Waals surface area contributed by atoms with Crippen LogP contribution in [-0.2, 0) is 9.53 Å². The smallest absolute Gasteiger partial charge is 0.328 e. The first-order chi connectivity index (χ1) is 8.54. The van der Waals surface area contributed by atoms with Crippen molar-refractivity contribution in [2.75, 3.05) is 6.61 Å². The van der Waals surface area contributed by atoms with Crippen LogP contribution in [0.3, 0.4) is 0 Å². The average Bonchev–Trinajstić information content (AvgIpc) is 2.64. The van der Waals surface area contributed by atoms with Crippen LogP contribution in [0.5, 0.6) is 0 Å². The Morgan fingerprint density at radius 1 is 1.61 bits per heavy atom. The van der Waals surface area contributed by atoms with E-state index in [0.29, 0.717) is 17.0 Å². The Kier molecular flexibility index (Phi) is 3.47. The normalized spacial score (nSPS) is 12.6. The zero-order valence-electron chi connectivity index (χ0n) is 10.6. The summed E-state index contributed by atoms with van der Waals surface area (Å²) in [5, 5.41) is 0. The van der Waals surface area contributed by atoms with Gasteiger partial charge in [0.1, 0.15) is 6.04 Å². The molecule has 0 saturated heterocycles. The number of H-pyrrole nitrogens is 1. The Bertz CT molecular complexity index is 644. The minimum absolute atomic E-state index is 0.308. The molecule has 0 aliphatic heterocycles. The maximum Gasteiger partial charge on any atom is 0.328 e. The maximum atomic E-state index is 11.8. The molecule has 0 amide bonds. The van der Waals surface area contributed by atoms with Gasteiger partial charge in [-0.15, -0.1) is 0 Å². The monoisotopic (exact) mass is 265 g/mol. The highest BCUT2D eigenvalue weighted by Gasteiger charge is 2.20. The van der Waals surface area contributed by atoms with Crippen molar-refractivity contribution in [3.63, 3.8) is 0 Å². The lowest BCUT2D eigenvalue weighted by atomic mass is 10.3. The molecule has 0 aliphatic carbocycles. The molecule has 2 rings (SSSR count). The molecule has 1 N–H and O–H groups in total. The SMILES string of the molecule is CCOC(=O)C(C)n1c(=S)[nH]c2ccc(C)nc21. The number of esters is 1. The summed E-state index contributed by atoms with van der Waals surface area (Å²) in [5.41, 5.74) is 2.38. The van der Waals surface area contributed by atoms with Gasteiger partial charge < -0.3 is 9.72 Å². The molecule has 2 aromatic rings. The first-order valence-electron chi connectivity index (χ1n) is 5.79. The second-order valence-corrected chi connectivity index (χ2v) is 4.44. The van der Waals surface area contributed by atoms with Crippen molar-refractivity contribution in [3.8, 4) is 0 Å². The Morgan fingerprint density at radius 2 is 2.33 bits per heavy atom. The summed E-state index contributed by atoms with van der Waals surface area (Å²) < 4.78 is 7.18. The molecule has 2 heterocycles. The standard InChI is InChI=1S/C12H15N3O2S/c1-4-17-11(16)8(3)15-10-9(14-12(15)18)6-5-7(2)13-10/h5-6,8H,4H2,1-3H3,(H,14,18). The molecule has 5 nitrogen and oxygen atoms in total. The van der Waals surface area contributed by atoms with Gasteiger partial charge in [-0.05, 0) is 45.1 Å². The van der Waals surface area contributed by atoms with Crippen LogP contribution < -0.4 is 0 Å². The number of carbonyl (C=O) groups excluding carboxylic acids is 1. The molecular formula is C12H15N3O2S. The van der Waals surface area contributed by atoms with Crippen molar-refractivity contribution in [3.05, 3.63) is 22.6 Å². The summed E-state index contributed by atoms with van der Waals surface area (Å²) in [6.07, 6.45) is 0. The fraction of sp³-hybridized carbons (Fsp3) is 0.417. The van der Waals surface area contributed by atoms with E-state index < -0.39 is 6.04 Å². The minimum atomic E-state index is -0.486. The van der Waals surface area contributed by atoms with Crippen LogP contribution >= 0.6 is 12.2 Å². The highest BCUT2D eigenvalue weighted by molar-refractivity contribution is 7.71. The van der Waals surface area contributed by atoms with Gasteiger partial charge in [0.2, 0.25) is 0 Å². The molecule has 6 heteroatoms. The summed E-state index contributed by atoms with van der Waals surface area (Å²) in [4.78, 5) is 19.2. The number of nitrogens with one attached hydrogen (secondary N) is 1. The number of aromatic nitrogens is 3. The highest BCUT2D eigenvalue weighted by Crippen LogP contribution is 2.18. The fourth-order valence-electron chi connectivity index (χ4n) is 1.82. The van der Waals surface area contributed by atoms with E-state index in [1.807, 2.05) is 19.1 Å². The first-order valence-corrected chi connectivity index (χ1v) is 6.20. The summed E-state index contributed by atoms with van der Waals surface area (Å²) in [6.45, 7) is 5.78. The van der Waals surface area contributed by atoms with Gasteiger partial charge in [0, 0.05) is 5.69 Å². The molecular weight excluding hydrogens is 250 g/mol. The predicted molar refractivity (Wildman–Crippen MR) is 71.0 cm³/mol. The van der Waals surface area contributed by atoms with Crippen molar-refractivity contribution < 1.29 is 9.53 Å². The molecule has 1 atom stereocenters. The van der Waals surface area contributed by atoms with Gasteiger partial charge in [-0.2, -0.15) is 0 Å². The molecule has 96 valence electrons. The summed E-state index contributed by atoms with van der Waals surface area (Å²) in [6, 6.07) is 3.31. The van der Waals surface area contributed by atoms with Gasteiger partial charge in [-0.3, -0.25) is 4.57 Å². The van der Waals surface area contributed by atoms with Crippen LogP contribution in [0.2, 0.25) is 0 Å². The molecule has 0 fully saturated rings. The summed E-state index contributed by atoms with van der Waals surface area (Å²) in [5.74, 6) is -0.308. The molecule has 0 saturated carbocycles. The van der Waals surface area contributed by atoms with Crippen molar-refractivity contribution >= 4 is 29.4 Å². The Balaban J connectivity index is 2.56. The number of fused-ring (bicyclic) bond motifs is 1. The van der Waals surface area contributed by atoms with E-state index in [-0.39, 0.29) is 5.97 Å². The van der Waals surface area contributed by atoms with E-state index in [9.17, 15) is 4.79 Å². The second kappa shape index (κ2) is 4.89. The number of ether oxygens (including phenoxy) is 1. The fourth-order valence-corrected chi connectivity index (χ4v) is 2.18. The number of aryl methyl sites for hydroxylation is 1. The number of carbonyl (C=O) groups is 1. The van der Waals surface area contributed by atoms with E-state index in [1.54, 1.807) is 18.4 Å². The third-order valence-electron chi connectivity index (χ3n) is 2.72. The third kappa shape index (κ3) is 2.15. The van der Waals surface area contributed by atoms with E-state index in [1.165, 1.54) is 0 Å². The van der Waals surface area contributed by atoms with Gasteiger partial charge in [0.15, 0.2) is 10.4 Å². The molecule has 2 aromatic heterocycles. The van der Waals surface area contributed by atoms with Gasteiger partial charge >= 0.3 is 5.97 Å². The van der Waals surface area contributed by atoms with E-state index in [2.05, 4.69) is 9.97 Å². The number of hydrogen-bond acceptors (Lipinski definition) is 4. The number of nitrogens with zero attached hydrogens (tertiary/aromatic N) is 2. The predicted octanol–water partition coefficient (Wildman–Crippen LogP) is 2.53. The quantitative estimate of drug-likeness (QED) is 0.684. The van der Waals surface area contributed by atoms with E-state index in [0.717, 1.165) is 11.2 Å². The van der Waals surface area contributed by atoms with Crippen molar-refractivity contribution in [2.24, 2.45) is 0 Å². The molecule has 0 spiro atoms. The number of aromatic amines is 1. The van der Waals surface area contributed by atoms with Crippen LogP contribution in [0.4, 0.5) is 0 Å². The van der Waals surface area contributed by atoms with Crippen LogP contribution in [-0.4, -0.2) is 27.1 Å². The van der Waals surface area contributed by atoms with E-state index in [4.69, 9.17) is 17.0 Å². The Hall–Kier alpha value is -1.69. The lowest BCUT2D eigenvalue weighted by Crippen LogP contribution is -2.19.